The summed E-state index contributed by atoms with van der Waals surface area (Å²) in [6.07, 6.45) is 4.58. The van der Waals surface area contributed by atoms with Crippen LogP contribution in [0.3, 0.4) is 0 Å². The van der Waals surface area contributed by atoms with E-state index in [1.165, 1.54) is 0 Å². The summed E-state index contributed by atoms with van der Waals surface area (Å²) in [6.45, 7) is 2.57. The van der Waals surface area contributed by atoms with Gasteiger partial charge in [-0.2, -0.15) is 0 Å². The number of carbonyl (C=O) groups is 1. The van der Waals surface area contributed by atoms with Gasteiger partial charge in [-0.05, 0) is 49.4 Å². The lowest BCUT2D eigenvalue weighted by Gasteiger charge is -2.08. The topological polar surface area (TPSA) is 51.5 Å². The number of aromatic nitrogens is 1. The van der Waals surface area contributed by atoms with Gasteiger partial charge in [0.05, 0.1) is 6.61 Å². The van der Waals surface area contributed by atoms with Crippen molar-refractivity contribution in [1.82, 2.24) is 4.57 Å². The van der Waals surface area contributed by atoms with E-state index in [9.17, 15) is 4.79 Å². The Morgan fingerprint density at radius 3 is 2.68 bits per heavy atom. The van der Waals surface area contributed by atoms with E-state index in [0.29, 0.717) is 6.61 Å². The second kappa shape index (κ2) is 5.91. The molecule has 0 bridgehead atoms. The first kappa shape index (κ1) is 13.0. The summed E-state index contributed by atoms with van der Waals surface area (Å²) in [7, 11) is 0. The van der Waals surface area contributed by atoms with Gasteiger partial charge in [0, 0.05) is 23.7 Å². The summed E-state index contributed by atoms with van der Waals surface area (Å²) in [6, 6.07) is 11.4. The molecule has 4 heteroatoms. The van der Waals surface area contributed by atoms with E-state index in [2.05, 4.69) is 0 Å². The first-order valence-electron chi connectivity index (χ1n) is 6.02. The Morgan fingerprint density at radius 2 is 2.05 bits per heavy atom. The molecule has 0 spiro atoms. The summed E-state index contributed by atoms with van der Waals surface area (Å²) in [4.78, 5) is 10.5. The van der Waals surface area contributed by atoms with Crippen LogP contribution in [0, 0.1) is 0 Å². The summed E-state index contributed by atoms with van der Waals surface area (Å²) in [5, 5.41) is 8.66. The van der Waals surface area contributed by atoms with Crippen LogP contribution >= 0.6 is 0 Å². The number of benzene rings is 1. The minimum absolute atomic E-state index is 0.634. The first-order valence-corrected chi connectivity index (χ1v) is 6.02. The van der Waals surface area contributed by atoms with E-state index in [1.54, 1.807) is 6.08 Å². The number of hydrogen-bond donors (Lipinski definition) is 1. The van der Waals surface area contributed by atoms with Crippen LogP contribution in [0.15, 0.2) is 48.7 Å². The fourth-order valence-electron chi connectivity index (χ4n) is 1.79. The van der Waals surface area contributed by atoms with Crippen molar-refractivity contribution in [3.63, 3.8) is 0 Å². The fraction of sp³-hybridized carbons (Fsp3) is 0.133. The van der Waals surface area contributed by atoms with Crippen molar-refractivity contribution >= 4 is 12.0 Å². The molecule has 2 rings (SSSR count). The van der Waals surface area contributed by atoms with Crippen LogP contribution in [0.4, 0.5) is 0 Å². The van der Waals surface area contributed by atoms with Crippen LogP contribution in [0.25, 0.3) is 11.8 Å². The highest BCUT2D eigenvalue weighted by Gasteiger charge is 2.01. The van der Waals surface area contributed by atoms with Crippen molar-refractivity contribution in [3.05, 3.63) is 54.4 Å². The molecule has 4 nitrogen and oxygen atoms in total. The van der Waals surface area contributed by atoms with Crippen LogP contribution in [0.2, 0.25) is 0 Å². The minimum atomic E-state index is -0.959. The number of ether oxygens (including phenoxy) is 1. The van der Waals surface area contributed by atoms with Crippen LogP contribution in [-0.2, 0) is 4.79 Å². The lowest BCUT2D eigenvalue weighted by molar-refractivity contribution is -0.131. The highest BCUT2D eigenvalue weighted by atomic mass is 16.5. The molecule has 1 heterocycles. The molecule has 0 atom stereocenters. The Labute approximate surface area is 111 Å². The monoisotopic (exact) mass is 257 g/mol. The SMILES string of the molecule is CCOc1ccc(-n2cccc2/C=C/C(=O)O)cc1. The molecule has 1 N–H and O–H groups in total. The van der Waals surface area contributed by atoms with E-state index >= 15 is 0 Å². The normalized spacial score (nSPS) is 10.8. The average Bonchev–Trinajstić information content (AvgIpc) is 2.86. The van der Waals surface area contributed by atoms with Crippen LogP contribution in [0.5, 0.6) is 5.75 Å². The molecule has 0 saturated heterocycles. The molecule has 19 heavy (non-hydrogen) atoms. The van der Waals surface area contributed by atoms with Gasteiger partial charge in [-0.15, -0.1) is 0 Å². The number of rotatable bonds is 5. The standard InChI is InChI=1S/C15H15NO3/c1-2-19-14-8-5-13(6-9-14)16-11-3-4-12(16)7-10-15(17)18/h3-11H,2H2,1H3,(H,17,18)/b10-7+. The van der Waals surface area contributed by atoms with E-state index in [-0.39, 0.29) is 0 Å². The number of nitrogens with zero attached hydrogens (tertiary/aromatic N) is 1. The molecule has 0 aliphatic carbocycles. The van der Waals surface area contributed by atoms with E-state index in [1.807, 2.05) is 54.1 Å². The molecule has 2 aromatic rings. The maximum absolute atomic E-state index is 10.5. The van der Waals surface area contributed by atoms with Crippen molar-refractivity contribution in [2.45, 2.75) is 6.92 Å². The molecule has 0 aliphatic rings. The van der Waals surface area contributed by atoms with E-state index in [0.717, 1.165) is 23.2 Å². The summed E-state index contributed by atoms with van der Waals surface area (Å²) >= 11 is 0. The Morgan fingerprint density at radius 1 is 1.32 bits per heavy atom. The summed E-state index contributed by atoms with van der Waals surface area (Å²) in [5.41, 5.74) is 1.77. The average molecular weight is 257 g/mol. The summed E-state index contributed by atoms with van der Waals surface area (Å²) in [5.74, 6) is -0.138. The van der Waals surface area contributed by atoms with Gasteiger partial charge >= 0.3 is 5.97 Å². The zero-order chi connectivity index (χ0) is 13.7. The van der Waals surface area contributed by atoms with Crippen molar-refractivity contribution in [1.29, 1.82) is 0 Å². The third-order valence-corrected chi connectivity index (χ3v) is 2.60. The van der Waals surface area contributed by atoms with Gasteiger partial charge in [0.15, 0.2) is 0 Å². The predicted octanol–water partition coefficient (Wildman–Crippen LogP) is 2.97. The van der Waals surface area contributed by atoms with Crippen LogP contribution in [0.1, 0.15) is 12.6 Å². The molecule has 0 amide bonds. The van der Waals surface area contributed by atoms with Gasteiger partial charge in [-0.25, -0.2) is 4.79 Å². The fourth-order valence-corrected chi connectivity index (χ4v) is 1.79. The Hall–Kier alpha value is -2.49. The second-order valence-electron chi connectivity index (χ2n) is 3.90. The molecule has 1 aromatic carbocycles. The van der Waals surface area contributed by atoms with Gasteiger partial charge in [-0.1, -0.05) is 0 Å². The van der Waals surface area contributed by atoms with Crippen molar-refractivity contribution in [3.8, 4) is 11.4 Å². The van der Waals surface area contributed by atoms with Crippen molar-refractivity contribution in [2.75, 3.05) is 6.61 Å². The number of carboxylic acids is 1. The molecular weight excluding hydrogens is 242 g/mol. The van der Waals surface area contributed by atoms with Crippen molar-refractivity contribution in [2.24, 2.45) is 0 Å². The van der Waals surface area contributed by atoms with E-state index in [4.69, 9.17) is 9.84 Å². The van der Waals surface area contributed by atoms with E-state index < -0.39 is 5.97 Å². The second-order valence-corrected chi connectivity index (χ2v) is 3.90. The van der Waals surface area contributed by atoms with Crippen LogP contribution < -0.4 is 4.74 Å². The molecule has 0 radical (unpaired) electrons. The number of carboxylic acid groups (broad SMARTS) is 1. The largest absolute Gasteiger partial charge is 0.494 e. The highest BCUT2D eigenvalue weighted by molar-refractivity contribution is 5.85. The molecular formula is C15H15NO3. The first-order chi connectivity index (χ1) is 9.20. The third kappa shape index (κ3) is 3.25. The lowest BCUT2D eigenvalue weighted by atomic mass is 10.3. The Balaban J connectivity index is 2.26. The zero-order valence-corrected chi connectivity index (χ0v) is 10.6. The number of hydrogen-bond acceptors (Lipinski definition) is 2. The Kier molecular flexibility index (Phi) is 4.03. The third-order valence-electron chi connectivity index (χ3n) is 2.60. The van der Waals surface area contributed by atoms with Crippen LogP contribution in [-0.4, -0.2) is 22.2 Å². The highest BCUT2D eigenvalue weighted by Crippen LogP contribution is 2.18. The minimum Gasteiger partial charge on any atom is -0.494 e. The maximum atomic E-state index is 10.5. The quantitative estimate of drug-likeness (QED) is 0.838. The van der Waals surface area contributed by atoms with Crippen molar-refractivity contribution < 1.29 is 14.6 Å². The Bertz CT molecular complexity index is 582. The predicted molar refractivity (Wildman–Crippen MR) is 73.6 cm³/mol. The van der Waals surface area contributed by atoms with Gasteiger partial charge in [0.1, 0.15) is 5.75 Å². The summed E-state index contributed by atoms with van der Waals surface area (Å²) < 4.78 is 7.30. The molecule has 0 saturated carbocycles. The molecule has 0 fully saturated rings. The van der Waals surface area contributed by atoms with Gasteiger partial charge in [0.25, 0.3) is 0 Å². The van der Waals surface area contributed by atoms with Gasteiger partial charge in [-0.3, -0.25) is 0 Å². The molecule has 0 aliphatic heterocycles. The molecule has 1 aromatic heterocycles. The zero-order valence-electron chi connectivity index (χ0n) is 10.6. The van der Waals surface area contributed by atoms with Gasteiger partial charge in [0.2, 0.25) is 0 Å². The number of aliphatic carboxylic acids is 1. The molecule has 0 unspecified atom stereocenters. The smallest absolute Gasteiger partial charge is 0.328 e. The molecule has 98 valence electrons. The van der Waals surface area contributed by atoms with Gasteiger partial charge < -0.3 is 14.4 Å². The maximum Gasteiger partial charge on any atom is 0.328 e. The lowest BCUT2D eigenvalue weighted by Crippen LogP contribution is -1.96.